The molecule has 5 heteroatoms. The Labute approximate surface area is 156 Å². The first kappa shape index (κ1) is 16.6. The lowest BCUT2D eigenvalue weighted by molar-refractivity contribution is 0.0955. The Kier molecular flexibility index (Phi) is 4.41. The summed E-state index contributed by atoms with van der Waals surface area (Å²) < 4.78 is 0. The SMILES string of the molecule is O=C(N/N=C/c1c(-c2ccccc2)[nH]c2ccccc12)c1ccc(O)cc1. The summed E-state index contributed by atoms with van der Waals surface area (Å²) in [5.74, 6) is -0.228. The molecule has 0 fully saturated rings. The Morgan fingerprint density at radius 2 is 1.63 bits per heavy atom. The van der Waals surface area contributed by atoms with E-state index in [1.165, 1.54) is 12.1 Å². The van der Waals surface area contributed by atoms with Crippen molar-refractivity contribution in [3.05, 3.63) is 90.0 Å². The lowest BCUT2D eigenvalue weighted by atomic mass is 10.1. The number of para-hydroxylation sites is 1. The summed E-state index contributed by atoms with van der Waals surface area (Å²) in [6, 6.07) is 24.0. The number of phenolic OH excluding ortho intramolecular Hbond substituents is 1. The molecule has 4 rings (SSSR count). The average Bonchev–Trinajstić information content (AvgIpc) is 3.08. The molecule has 0 saturated carbocycles. The highest BCUT2D eigenvalue weighted by atomic mass is 16.3. The fourth-order valence-electron chi connectivity index (χ4n) is 2.96. The number of hydrogen-bond acceptors (Lipinski definition) is 3. The number of hydrogen-bond donors (Lipinski definition) is 3. The van der Waals surface area contributed by atoms with E-state index in [-0.39, 0.29) is 11.7 Å². The highest BCUT2D eigenvalue weighted by Crippen LogP contribution is 2.28. The average molecular weight is 355 g/mol. The van der Waals surface area contributed by atoms with Crippen molar-refractivity contribution in [1.82, 2.24) is 10.4 Å². The molecule has 0 radical (unpaired) electrons. The molecule has 5 nitrogen and oxygen atoms in total. The van der Waals surface area contributed by atoms with Crippen LogP contribution in [0.25, 0.3) is 22.2 Å². The summed E-state index contributed by atoms with van der Waals surface area (Å²) in [5, 5.41) is 14.5. The molecular formula is C22H17N3O2. The largest absolute Gasteiger partial charge is 0.508 e. The van der Waals surface area contributed by atoms with Crippen LogP contribution in [0.3, 0.4) is 0 Å². The third kappa shape index (κ3) is 3.43. The van der Waals surface area contributed by atoms with Gasteiger partial charge in [-0.05, 0) is 35.9 Å². The van der Waals surface area contributed by atoms with E-state index in [0.29, 0.717) is 5.56 Å². The second-order valence-electron chi connectivity index (χ2n) is 6.07. The highest BCUT2D eigenvalue weighted by molar-refractivity contribution is 6.06. The smallest absolute Gasteiger partial charge is 0.271 e. The molecule has 1 amide bonds. The van der Waals surface area contributed by atoms with E-state index < -0.39 is 0 Å². The zero-order valence-electron chi connectivity index (χ0n) is 14.4. The molecule has 0 aliphatic heterocycles. The van der Waals surface area contributed by atoms with Crippen LogP contribution in [0.1, 0.15) is 15.9 Å². The van der Waals surface area contributed by atoms with Crippen molar-refractivity contribution in [3.63, 3.8) is 0 Å². The minimum Gasteiger partial charge on any atom is -0.508 e. The van der Waals surface area contributed by atoms with Gasteiger partial charge in [-0.3, -0.25) is 4.79 Å². The van der Waals surface area contributed by atoms with E-state index in [4.69, 9.17) is 0 Å². The predicted molar refractivity (Wildman–Crippen MR) is 107 cm³/mol. The minimum atomic E-state index is -0.340. The summed E-state index contributed by atoms with van der Waals surface area (Å²) in [4.78, 5) is 15.6. The van der Waals surface area contributed by atoms with Crippen molar-refractivity contribution in [3.8, 4) is 17.0 Å². The first-order valence-electron chi connectivity index (χ1n) is 8.51. The zero-order chi connectivity index (χ0) is 18.6. The van der Waals surface area contributed by atoms with Crippen LogP contribution < -0.4 is 5.43 Å². The summed E-state index contributed by atoms with van der Waals surface area (Å²) in [7, 11) is 0. The molecule has 3 aromatic carbocycles. The summed E-state index contributed by atoms with van der Waals surface area (Å²) in [6.45, 7) is 0. The molecule has 0 spiro atoms. The number of hydrazone groups is 1. The van der Waals surface area contributed by atoms with Crippen LogP contribution in [0.15, 0.2) is 84.0 Å². The molecule has 132 valence electrons. The van der Waals surface area contributed by atoms with Crippen molar-refractivity contribution in [1.29, 1.82) is 0 Å². The number of carbonyl (C=O) groups is 1. The van der Waals surface area contributed by atoms with Crippen molar-refractivity contribution < 1.29 is 9.90 Å². The Hall–Kier alpha value is -3.86. The highest BCUT2D eigenvalue weighted by Gasteiger charge is 2.11. The maximum Gasteiger partial charge on any atom is 0.271 e. The standard InChI is InChI=1S/C22H17N3O2/c26-17-12-10-16(11-13-17)22(27)25-23-14-19-18-8-4-5-9-20(18)24-21(19)15-6-2-1-3-7-15/h1-14,24,26H,(H,25,27)/b23-14+. The molecule has 27 heavy (non-hydrogen) atoms. The number of fused-ring (bicyclic) bond motifs is 1. The molecule has 0 saturated heterocycles. The van der Waals surface area contributed by atoms with Gasteiger partial charge in [-0.25, -0.2) is 5.43 Å². The van der Waals surface area contributed by atoms with Gasteiger partial charge >= 0.3 is 0 Å². The predicted octanol–water partition coefficient (Wildman–Crippen LogP) is 4.30. The number of aromatic nitrogens is 1. The van der Waals surface area contributed by atoms with Crippen molar-refractivity contribution in [2.75, 3.05) is 0 Å². The van der Waals surface area contributed by atoms with Crippen LogP contribution in [0.5, 0.6) is 5.75 Å². The number of nitrogens with one attached hydrogen (secondary N) is 2. The molecule has 0 bridgehead atoms. The van der Waals surface area contributed by atoms with Crippen LogP contribution in [0.4, 0.5) is 0 Å². The molecule has 0 unspecified atom stereocenters. The fraction of sp³-hybridized carbons (Fsp3) is 0. The fourth-order valence-corrected chi connectivity index (χ4v) is 2.96. The zero-order valence-corrected chi connectivity index (χ0v) is 14.4. The van der Waals surface area contributed by atoms with Crippen molar-refractivity contribution in [2.24, 2.45) is 5.10 Å². The molecule has 0 atom stereocenters. The van der Waals surface area contributed by atoms with Gasteiger partial charge in [0.05, 0.1) is 11.9 Å². The van der Waals surface area contributed by atoms with E-state index in [2.05, 4.69) is 15.5 Å². The van der Waals surface area contributed by atoms with E-state index >= 15 is 0 Å². The molecular weight excluding hydrogens is 338 g/mol. The second kappa shape index (κ2) is 7.17. The normalized spacial score (nSPS) is 11.1. The van der Waals surface area contributed by atoms with Crippen molar-refractivity contribution in [2.45, 2.75) is 0 Å². The van der Waals surface area contributed by atoms with Gasteiger partial charge in [0.1, 0.15) is 5.75 Å². The molecule has 1 heterocycles. The number of carbonyl (C=O) groups excluding carboxylic acids is 1. The molecule has 3 N–H and O–H groups in total. The Morgan fingerprint density at radius 1 is 0.926 bits per heavy atom. The summed E-state index contributed by atoms with van der Waals surface area (Å²) >= 11 is 0. The lowest BCUT2D eigenvalue weighted by Crippen LogP contribution is -2.17. The van der Waals surface area contributed by atoms with Gasteiger partial charge in [0.25, 0.3) is 5.91 Å². The van der Waals surface area contributed by atoms with Gasteiger partial charge in [0, 0.05) is 22.0 Å². The third-order valence-corrected chi connectivity index (χ3v) is 4.30. The minimum absolute atomic E-state index is 0.112. The lowest BCUT2D eigenvalue weighted by Gasteiger charge is -2.02. The van der Waals surface area contributed by atoms with Gasteiger partial charge in [0.2, 0.25) is 0 Å². The number of rotatable bonds is 4. The van der Waals surface area contributed by atoms with Gasteiger partial charge in [-0.2, -0.15) is 5.10 Å². The Bertz CT molecular complexity index is 1110. The molecule has 0 aliphatic carbocycles. The maximum absolute atomic E-state index is 12.2. The van der Waals surface area contributed by atoms with Gasteiger partial charge in [-0.15, -0.1) is 0 Å². The topological polar surface area (TPSA) is 77.5 Å². The summed E-state index contributed by atoms with van der Waals surface area (Å²) in [6.07, 6.45) is 1.65. The Morgan fingerprint density at radius 3 is 2.41 bits per heavy atom. The number of phenols is 1. The number of amides is 1. The number of aromatic amines is 1. The van der Waals surface area contributed by atoms with Gasteiger partial charge < -0.3 is 10.1 Å². The Balaban J connectivity index is 1.65. The van der Waals surface area contributed by atoms with E-state index in [0.717, 1.165) is 27.7 Å². The molecule has 1 aromatic heterocycles. The first-order chi connectivity index (χ1) is 13.2. The van der Waals surface area contributed by atoms with Crippen LogP contribution in [0.2, 0.25) is 0 Å². The van der Waals surface area contributed by atoms with Crippen LogP contribution in [0, 0.1) is 0 Å². The third-order valence-electron chi connectivity index (χ3n) is 4.30. The van der Waals surface area contributed by atoms with Crippen LogP contribution in [-0.2, 0) is 0 Å². The molecule has 4 aromatic rings. The van der Waals surface area contributed by atoms with E-state index in [9.17, 15) is 9.90 Å². The molecule has 0 aliphatic rings. The first-order valence-corrected chi connectivity index (χ1v) is 8.51. The van der Waals surface area contributed by atoms with Crippen molar-refractivity contribution >= 4 is 23.0 Å². The van der Waals surface area contributed by atoms with E-state index in [1.807, 2.05) is 54.6 Å². The number of aromatic hydroxyl groups is 1. The second-order valence-corrected chi connectivity index (χ2v) is 6.07. The quantitative estimate of drug-likeness (QED) is 0.377. The maximum atomic E-state index is 12.2. The number of H-pyrrole nitrogens is 1. The van der Waals surface area contributed by atoms with Crippen LogP contribution >= 0.6 is 0 Å². The van der Waals surface area contributed by atoms with Gasteiger partial charge in [-0.1, -0.05) is 48.5 Å². The number of nitrogens with zero attached hydrogens (tertiary/aromatic N) is 1. The monoisotopic (exact) mass is 355 g/mol. The summed E-state index contributed by atoms with van der Waals surface area (Å²) in [5.41, 5.74) is 6.85. The van der Waals surface area contributed by atoms with Gasteiger partial charge in [0.15, 0.2) is 0 Å². The van der Waals surface area contributed by atoms with Crippen LogP contribution in [-0.4, -0.2) is 22.2 Å². The number of benzene rings is 3. The van der Waals surface area contributed by atoms with E-state index in [1.54, 1.807) is 18.3 Å².